The van der Waals surface area contributed by atoms with Crippen molar-refractivity contribution in [3.8, 4) is 17.2 Å². The molecule has 1 heterocycles. The lowest BCUT2D eigenvalue weighted by molar-refractivity contribution is -0.142. The second kappa shape index (κ2) is 8.90. The Morgan fingerprint density at radius 1 is 1.10 bits per heavy atom. The molecular weight excluding hydrogens is 386 g/mol. The highest BCUT2D eigenvalue weighted by Gasteiger charge is 2.18. The van der Waals surface area contributed by atoms with Crippen molar-refractivity contribution in [3.63, 3.8) is 0 Å². The molecule has 4 rings (SSSR count). The molecule has 0 saturated carbocycles. The van der Waals surface area contributed by atoms with Crippen molar-refractivity contribution in [1.82, 2.24) is 0 Å². The highest BCUT2D eigenvalue weighted by Crippen LogP contribution is 2.40. The van der Waals surface area contributed by atoms with E-state index in [0.717, 1.165) is 24.9 Å². The summed E-state index contributed by atoms with van der Waals surface area (Å²) in [6, 6.07) is 9.38. The number of anilines is 1. The Morgan fingerprint density at radius 2 is 1.93 bits per heavy atom. The van der Waals surface area contributed by atoms with Crippen molar-refractivity contribution in [3.05, 3.63) is 53.1 Å². The fraction of sp³-hybridized carbons (Fsp3) is 0.304. The van der Waals surface area contributed by atoms with E-state index in [4.69, 9.17) is 18.9 Å². The molecule has 1 N–H and O–H groups in total. The molecular formula is C23H23NO6. The van der Waals surface area contributed by atoms with Crippen LogP contribution in [0.5, 0.6) is 17.2 Å². The van der Waals surface area contributed by atoms with Crippen LogP contribution < -0.4 is 19.5 Å². The number of hydrogen-bond acceptors (Lipinski definition) is 6. The molecule has 0 aromatic heterocycles. The summed E-state index contributed by atoms with van der Waals surface area (Å²) in [5, 5.41) is 2.76. The largest absolute Gasteiger partial charge is 0.493 e. The van der Waals surface area contributed by atoms with Gasteiger partial charge in [0.05, 0.1) is 7.11 Å². The highest BCUT2D eigenvalue weighted by atomic mass is 16.6. The summed E-state index contributed by atoms with van der Waals surface area (Å²) in [5.74, 6) is 0.631. The van der Waals surface area contributed by atoms with Gasteiger partial charge in [-0.05, 0) is 66.3 Å². The molecule has 2 aromatic rings. The molecule has 0 saturated heterocycles. The van der Waals surface area contributed by atoms with Crippen molar-refractivity contribution in [2.75, 3.05) is 32.2 Å². The minimum atomic E-state index is -0.618. The Hall–Kier alpha value is -3.48. The number of benzene rings is 2. The van der Waals surface area contributed by atoms with Crippen LogP contribution in [-0.4, -0.2) is 38.8 Å². The van der Waals surface area contributed by atoms with Crippen LogP contribution in [0.15, 0.2) is 36.4 Å². The molecule has 0 unspecified atom stereocenters. The van der Waals surface area contributed by atoms with Crippen molar-refractivity contribution in [1.29, 1.82) is 0 Å². The fourth-order valence-corrected chi connectivity index (χ4v) is 3.59. The Bertz CT molecular complexity index is 980. The van der Waals surface area contributed by atoms with Gasteiger partial charge in [-0.1, -0.05) is 6.07 Å². The number of hydrogen-bond donors (Lipinski definition) is 1. The Labute approximate surface area is 174 Å². The molecule has 2 aromatic carbocycles. The average Bonchev–Trinajstić information content (AvgIpc) is 3.23. The number of esters is 1. The van der Waals surface area contributed by atoms with Crippen molar-refractivity contribution >= 4 is 23.6 Å². The van der Waals surface area contributed by atoms with Crippen molar-refractivity contribution < 1.29 is 28.5 Å². The topological polar surface area (TPSA) is 83.1 Å². The molecule has 30 heavy (non-hydrogen) atoms. The van der Waals surface area contributed by atoms with Crippen LogP contribution in [-0.2, 0) is 27.2 Å². The SMILES string of the molecule is COc1cc(/C=C/C(=O)OCC(=O)Nc2ccc3c(c2)CCC3)cc2c1OCCO2. The minimum Gasteiger partial charge on any atom is -0.493 e. The van der Waals surface area contributed by atoms with Gasteiger partial charge in [-0.25, -0.2) is 4.79 Å². The first-order valence-corrected chi connectivity index (χ1v) is 9.86. The van der Waals surface area contributed by atoms with Gasteiger partial charge in [0.15, 0.2) is 18.1 Å². The lowest BCUT2D eigenvalue weighted by Crippen LogP contribution is -2.20. The van der Waals surface area contributed by atoms with Crippen LogP contribution in [0.3, 0.4) is 0 Å². The molecule has 0 atom stereocenters. The summed E-state index contributed by atoms with van der Waals surface area (Å²) < 4.78 is 21.5. The third-order valence-electron chi connectivity index (χ3n) is 4.99. The first-order valence-electron chi connectivity index (χ1n) is 9.86. The molecule has 0 bridgehead atoms. The van der Waals surface area contributed by atoms with Crippen LogP contribution in [0.2, 0.25) is 0 Å². The third kappa shape index (κ3) is 4.56. The van der Waals surface area contributed by atoms with Crippen LogP contribution in [0.4, 0.5) is 5.69 Å². The van der Waals surface area contributed by atoms with E-state index in [-0.39, 0.29) is 12.5 Å². The number of carbonyl (C=O) groups is 2. The zero-order chi connectivity index (χ0) is 20.9. The highest BCUT2D eigenvalue weighted by molar-refractivity contribution is 5.94. The molecule has 0 radical (unpaired) electrons. The monoisotopic (exact) mass is 409 g/mol. The molecule has 7 nitrogen and oxygen atoms in total. The quantitative estimate of drug-likeness (QED) is 0.583. The van der Waals surface area contributed by atoms with E-state index in [1.54, 1.807) is 18.2 Å². The number of fused-ring (bicyclic) bond motifs is 2. The molecule has 1 aliphatic carbocycles. The van der Waals surface area contributed by atoms with E-state index >= 15 is 0 Å². The van der Waals surface area contributed by atoms with E-state index < -0.39 is 5.97 Å². The maximum Gasteiger partial charge on any atom is 0.331 e. The Kier molecular flexibility index (Phi) is 5.88. The predicted molar refractivity (Wildman–Crippen MR) is 111 cm³/mol. The summed E-state index contributed by atoms with van der Waals surface area (Å²) in [6.07, 6.45) is 6.09. The van der Waals surface area contributed by atoms with Gasteiger partial charge in [-0.15, -0.1) is 0 Å². The van der Waals surface area contributed by atoms with E-state index in [9.17, 15) is 9.59 Å². The van der Waals surface area contributed by atoms with E-state index in [1.807, 2.05) is 18.2 Å². The summed E-state index contributed by atoms with van der Waals surface area (Å²) in [6.45, 7) is 0.549. The fourth-order valence-electron chi connectivity index (χ4n) is 3.59. The second-order valence-electron chi connectivity index (χ2n) is 7.07. The minimum absolute atomic E-state index is 0.356. The van der Waals surface area contributed by atoms with Crippen LogP contribution >= 0.6 is 0 Å². The summed E-state index contributed by atoms with van der Waals surface area (Å²) in [5.41, 5.74) is 4.01. The summed E-state index contributed by atoms with van der Waals surface area (Å²) >= 11 is 0. The number of methoxy groups -OCH3 is 1. The van der Waals surface area contributed by atoms with Crippen molar-refractivity contribution in [2.24, 2.45) is 0 Å². The number of amides is 1. The lowest BCUT2D eigenvalue weighted by atomic mass is 10.1. The maximum absolute atomic E-state index is 12.1. The van der Waals surface area contributed by atoms with Crippen LogP contribution in [0, 0.1) is 0 Å². The van der Waals surface area contributed by atoms with Crippen LogP contribution in [0.1, 0.15) is 23.1 Å². The van der Waals surface area contributed by atoms with E-state index in [1.165, 1.54) is 24.3 Å². The summed E-state index contributed by atoms with van der Waals surface area (Å²) in [4.78, 5) is 24.1. The van der Waals surface area contributed by atoms with E-state index in [2.05, 4.69) is 5.32 Å². The average molecular weight is 409 g/mol. The van der Waals surface area contributed by atoms with Gasteiger partial charge in [0, 0.05) is 11.8 Å². The molecule has 2 aliphatic rings. The summed E-state index contributed by atoms with van der Waals surface area (Å²) in [7, 11) is 1.54. The van der Waals surface area contributed by atoms with Gasteiger partial charge in [0.25, 0.3) is 5.91 Å². The van der Waals surface area contributed by atoms with Gasteiger partial charge >= 0.3 is 5.97 Å². The maximum atomic E-state index is 12.1. The van der Waals surface area contributed by atoms with Gasteiger partial charge < -0.3 is 24.3 Å². The lowest BCUT2D eigenvalue weighted by Gasteiger charge is -2.20. The Morgan fingerprint density at radius 3 is 2.80 bits per heavy atom. The first kappa shape index (κ1) is 19.8. The molecule has 156 valence electrons. The molecule has 7 heteroatoms. The number of rotatable bonds is 6. The van der Waals surface area contributed by atoms with E-state index in [0.29, 0.717) is 36.0 Å². The first-order chi connectivity index (χ1) is 14.6. The number of nitrogens with one attached hydrogen (secondary N) is 1. The molecule has 0 fully saturated rings. The van der Waals surface area contributed by atoms with Crippen LogP contribution in [0.25, 0.3) is 6.08 Å². The Balaban J connectivity index is 1.31. The van der Waals surface area contributed by atoms with Gasteiger partial charge in [-0.3, -0.25) is 4.79 Å². The normalized spacial score (nSPS) is 14.3. The van der Waals surface area contributed by atoms with Gasteiger partial charge in [0.2, 0.25) is 5.75 Å². The second-order valence-corrected chi connectivity index (χ2v) is 7.07. The zero-order valence-electron chi connectivity index (χ0n) is 16.7. The standard InChI is InChI=1S/C23H23NO6/c1-27-19-11-15(12-20-23(19)29-10-9-28-20)5-8-22(26)30-14-21(25)24-18-7-6-16-3-2-4-17(16)13-18/h5-8,11-13H,2-4,9-10,14H2,1H3,(H,24,25)/b8-5+. The smallest absolute Gasteiger partial charge is 0.331 e. The molecule has 0 spiro atoms. The molecule has 1 aliphatic heterocycles. The third-order valence-corrected chi connectivity index (χ3v) is 4.99. The van der Waals surface area contributed by atoms with Gasteiger partial charge in [-0.2, -0.15) is 0 Å². The number of carbonyl (C=O) groups excluding carboxylic acids is 2. The van der Waals surface area contributed by atoms with Gasteiger partial charge in [0.1, 0.15) is 13.2 Å². The number of aryl methyl sites for hydroxylation is 2. The molecule has 1 amide bonds. The number of ether oxygens (including phenoxy) is 4. The zero-order valence-corrected chi connectivity index (χ0v) is 16.7. The predicted octanol–water partition coefficient (Wildman–Crippen LogP) is 3.15. The van der Waals surface area contributed by atoms with Crippen molar-refractivity contribution in [2.45, 2.75) is 19.3 Å².